The molecule has 0 bridgehead atoms. The summed E-state index contributed by atoms with van der Waals surface area (Å²) >= 11 is 1.60. The van der Waals surface area contributed by atoms with Gasteiger partial charge in [-0.15, -0.1) is 11.3 Å². The lowest BCUT2D eigenvalue weighted by atomic mass is 9.95. The molecule has 0 spiro atoms. The van der Waals surface area contributed by atoms with E-state index in [0.717, 1.165) is 47.6 Å². The second-order valence-electron chi connectivity index (χ2n) is 6.68. The highest BCUT2D eigenvalue weighted by Crippen LogP contribution is 2.23. The van der Waals surface area contributed by atoms with Crippen LogP contribution in [0.4, 0.5) is 0 Å². The van der Waals surface area contributed by atoms with Crippen LogP contribution in [0.2, 0.25) is 0 Å². The zero-order chi connectivity index (χ0) is 17.3. The van der Waals surface area contributed by atoms with E-state index in [0.29, 0.717) is 5.92 Å². The van der Waals surface area contributed by atoms with Gasteiger partial charge in [-0.05, 0) is 44.2 Å². The molecule has 0 aliphatic heterocycles. The lowest BCUT2D eigenvalue weighted by molar-refractivity contribution is 0.0937. The van der Waals surface area contributed by atoms with Crippen molar-refractivity contribution in [3.63, 3.8) is 0 Å². The highest BCUT2D eigenvalue weighted by atomic mass is 32.1. The molecule has 1 atom stereocenters. The summed E-state index contributed by atoms with van der Waals surface area (Å²) in [5.74, 6) is 0.0337. The van der Waals surface area contributed by atoms with Gasteiger partial charge in [0.2, 0.25) is 0 Å². The zero-order valence-corrected chi connectivity index (χ0v) is 15.1. The van der Waals surface area contributed by atoms with Gasteiger partial charge in [-0.3, -0.25) is 9.59 Å². The third kappa shape index (κ3) is 3.43. The maximum atomic E-state index is 12.5. The minimum atomic E-state index is -0.337. The smallest absolute Gasteiger partial charge is 0.261 e. The summed E-state index contributed by atoms with van der Waals surface area (Å²) in [5, 5.41) is 5.92. The van der Waals surface area contributed by atoms with Gasteiger partial charge in [0.1, 0.15) is 5.56 Å². The zero-order valence-electron chi connectivity index (χ0n) is 14.3. The summed E-state index contributed by atoms with van der Waals surface area (Å²) in [4.78, 5) is 32.2. The van der Waals surface area contributed by atoms with Crippen LogP contribution in [0, 0.1) is 0 Å². The number of fused-ring (bicyclic) bond motifs is 1. The molecule has 2 heterocycles. The molecule has 0 unspecified atom stereocenters. The number of nitrogens with one attached hydrogen (secondary N) is 2. The van der Waals surface area contributed by atoms with Crippen molar-refractivity contribution < 1.29 is 4.79 Å². The minimum absolute atomic E-state index is 0.196. The lowest BCUT2D eigenvalue weighted by Crippen LogP contribution is -2.32. The van der Waals surface area contributed by atoms with Crippen molar-refractivity contribution >= 4 is 17.2 Å². The number of aromatic nitrogens is 2. The van der Waals surface area contributed by atoms with E-state index in [1.807, 2.05) is 12.3 Å². The van der Waals surface area contributed by atoms with E-state index < -0.39 is 0 Å². The largest absolute Gasteiger partial charge is 0.344 e. The van der Waals surface area contributed by atoms with Crippen LogP contribution in [0.5, 0.6) is 0 Å². The topological polar surface area (TPSA) is 74.8 Å². The Balaban J connectivity index is 1.78. The van der Waals surface area contributed by atoms with Gasteiger partial charge < -0.3 is 10.3 Å². The summed E-state index contributed by atoms with van der Waals surface area (Å²) in [6.07, 6.45) is 4.01. The fourth-order valence-corrected chi connectivity index (χ4v) is 3.89. The molecule has 0 saturated heterocycles. The van der Waals surface area contributed by atoms with Crippen molar-refractivity contribution in [3.8, 4) is 0 Å². The van der Waals surface area contributed by atoms with Gasteiger partial charge >= 0.3 is 0 Å². The highest BCUT2D eigenvalue weighted by Gasteiger charge is 2.20. The van der Waals surface area contributed by atoms with E-state index in [1.54, 1.807) is 17.4 Å². The molecule has 3 rings (SSSR count). The maximum Gasteiger partial charge on any atom is 0.261 e. The number of thiazole rings is 1. The number of carbonyl (C=O) groups is 1. The predicted molar refractivity (Wildman–Crippen MR) is 95.8 cm³/mol. The number of hydrogen-bond acceptors (Lipinski definition) is 4. The second kappa shape index (κ2) is 6.89. The molecule has 128 valence electrons. The molecule has 1 aliphatic carbocycles. The van der Waals surface area contributed by atoms with Gasteiger partial charge in [0.15, 0.2) is 0 Å². The van der Waals surface area contributed by atoms with Crippen molar-refractivity contribution in [2.24, 2.45) is 0 Å². The van der Waals surface area contributed by atoms with Crippen molar-refractivity contribution in [2.45, 2.75) is 58.4 Å². The van der Waals surface area contributed by atoms with E-state index in [1.165, 1.54) is 0 Å². The molecule has 2 N–H and O–H groups in total. The number of rotatable bonds is 4. The molecule has 0 radical (unpaired) electrons. The molecule has 2 aromatic heterocycles. The van der Waals surface area contributed by atoms with Crippen LogP contribution >= 0.6 is 11.3 Å². The Morgan fingerprint density at radius 2 is 2.04 bits per heavy atom. The van der Waals surface area contributed by atoms with Gasteiger partial charge in [-0.2, -0.15) is 0 Å². The second-order valence-corrected chi connectivity index (χ2v) is 7.57. The Morgan fingerprint density at radius 1 is 1.29 bits per heavy atom. The van der Waals surface area contributed by atoms with Gasteiger partial charge in [0, 0.05) is 17.0 Å². The normalized spacial score (nSPS) is 15.2. The summed E-state index contributed by atoms with van der Waals surface area (Å²) in [5.41, 5.74) is 2.81. The van der Waals surface area contributed by atoms with Crippen LogP contribution in [-0.2, 0) is 12.8 Å². The first-order valence-corrected chi connectivity index (χ1v) is 9.35. The van der Waals surface area contributed by atoms with Gasteiger partial charge in [0.05, 0.1) is 16.7 Å². The molecule has 2 aromatic rings. The van der Waals surface area contributed by atoms with Crippen LogP contribution in [0.15, 0.2) is 16.2 Å². The summed E-state index contributed by atoms with van der Waals surface area (Å²) in [7, 11) is 0. The van der Waals surface area contributed by atoms with Crippen LogP contribution in [0.25, 0.3) is 0 Å². The Morgan fingerprint density at radius 3 is 2.75 bits per heavy atom. The molecule has 24 heavy (non-hydrogen) atoms. The molecule has 0 saturated carbocycles. The maximum absolute atomic E-state index is 12.5. The number of H-pyrrole nitrogens is 1. The Kier molecular flexibility index (Phi) is 4.85. The number of hydrogen-bond donors (Lipinski definition) is 2. The molecule has 0 fully saturated rings. The van der Waals surface area contributed by atoms with Crippen molar-refractivity contribution in [3.05, 3.63) is 49.3 Å². The van der Waals surface area contributed by atoms with Crippen LogP contribution < -0.4 is 10.9 Å². The van der Waals surface area contributed by atoms with Gasteiger partial charge in [-0.1, -0.05) is 13.8 Å². The van der Waals surface area contributed by atoms with Crippen molar-refractivity contribution in [1.29, 1.82) is 0 Å². The average molecular weight is 345 g/mol. The fourth-order valence-electron chi connectivity index (χ4n) is 2.96. The van der Waals surface area contributed by atoms with E-state index >= 15 is 0 Å². The van der Waals surface area contributed by atoms with E-state index in [-0.39, 0.29) is 23.1 Å². The molecule has 0 aromatic carbocycles. The molecule has 1 aliphatic rings. The fraction of sp³-hybridized carbons (Fsp3) is 0.500. The van der Waals surface area contributed by atoms with Crippen molar-refractivity contribution in [1.82, 2.24) is 15.3 Å². The molecular formula is C18H23N3O2S. The average Bonchev–Trinajstić information content (AvgIpc) is 3.04. The number of carbonyl (C=O) groups excluding carboxylic acids is 1. The van der Waals surface area contributed by atoms with E-state index in [4.69, 9.17) is 0 Å². The highest BCUT2D eigenvalue weighted by molar-refractivity contribution is 7.09. The molecule has 1 amide bonds. The first kappa shape index (κ1) is 16.9. The van der Waals surface area contributed by atoms with Gasteiger partial charge in [0.25, 0.3) is 11.5 Å². The summed E-state index contributed by atoms with van der Waals surface area (Å²) < 4.78 is 0. The lowest BCUT2D eigenvalue weighted by Gasteiger charge is -2.17. The van der Waals surface area contributed by atoms with Crippen LogP contribution in [0.3, 0.4) is 0 Å². The molecule has 5 nitrogen and oxygen atoms in total. The van der Waals surface area contributed by atoms with Crippen LogP contribution in [-0.4, -0.2) is 15.9 Å². The summed E-state index contributed by atoms with van der Waals surface area (Å²) in [6.45, 7) is 6.08. The number of nitrogens with zero attached hydrogens (tertiary/aromatic N) is 1. The number of aryl methyl sites for hydroxylation is 2. The Hall–Kier alpha value is -1.95. The van der Waals surface area contributed by atoms with Crippen LogP contribution in [0.1, 0.15) is 77.9 Å². The third-order valence-corrected chi connectivity index (χ3v) is 5.57. The number of aromatic amines is 1. The van der Waals surface area contributed by atoms with E-state index in [9.17, 15) is 9.59 Å². The first-order chi connectivity index (χ1) is 11.5. The SMILES string of the molecule is CC(C)c1nc([C@H](C)NC(=O)c2cc3c([nH]c2=O)CCCC3)cs1. The predicted octanol–water partition coefficient (Wildman–Crippen LogP) is 3.32. The van der Waals surface area contributed by atoms with Crippen molar-refractivity contribution in [2.75, 3.05) is 0 Å². The third-order valence-electron chi connectivity index (χ3n) is 4.41. The summed E-state index contributed by atoms with van der Waals surface area (Å²) in [6, 6.07) is 1.53. The minimum Gasteiger partial charge on any atom is -0.344 e. The molecule has 6 heteroatoms. The van der Waals surface area contributed by atoms with E-state index in [2.05, 4.69) is 29.1 Å². The van der Waals surface area contributed by atoms with Gasteiger partial charge in [-0.25, -0.2) is 4.98 Å². The standard InChI is InChI=1S/C18H23N3O2S/c1-10(2)18-21-15(9-24-18)11(3)19-16(22)13-8-12-6-4-5-7-14(12)20-17(13)23/h8-11H,4-7H2,1-3H3,(H,19,22)(H,20,23)/t11-/m0/s1. The monoisotopic (exact) mass is 345 g/mol. The number of pyridine rings is 1. The Labute approximate surface area is 145 Å². The first-order valence-electron chi connectivity index (χ1n) is 8.47. The number of amides is 1. The molecular weight excluding hydrogens is 322 g/mol. The Bertz CT molecular complexity index is 807. The quantitative estimate of drug-likeness (QED) is 0.892.